The third-order valence-corrected chi connectivity index (χ3v) is 5.88. The van der Waals surface area contributed by atoms with Gasteiger partial charge in [-0.3, -0.25) is 9.59 Å². The van der Waals surface area contributed by atoms with Gasteiger partial charge in [-0.15, -0.1) is 0 Å². The zero-order valence-corrected chi connectivity index (χ0v) is 12.8. The Labute approximate surface area is 122 Å². The lowest BCUT2D eigenvalue weighted by Gasteiger charge is -2.58. The van der Waals surface area contributed by atoms with Crippen molar-refractivity contribution in [2.45, 2.75) is 49.9 Å². The highest BCUT2D eigenvalue weighted by atomic mass is 79.9. The number of carbonyl (C=O) groups excluding carboxylic acids is 2. The van der Waals surface area contributed by atoms with Crippen molar-refractivity contribution in [2.75, 3.05) is 0 Å². The van der Waals surface area contributed by atoms with Crippen molar-refractivity contribution >= 4 is 27.7 Å². The minimum Gasteiger partial charge on any atom is -0.369 e. The summed E-state index contributed by atoms with van der Waals surface area (Å²) >= 11 is 3.31. The van der Waals surface area contributed by atoms with E-state index in [1.165, 1.54) is 0 Å². The number of carbonyl (C=O) groups is 2. The van der Waals surface area contributed by atoms with Crippen molar-refractivity contribution in [1.29, 1.82) is 0 Å². The molecule has 4 nitrogen and oxygen atoms in total. The average Bonchev–Trinajstić information content (AvgIpc) is 2.32. The normalized spacial score (nSPS) is 44.9. The summed E-state index contributed by atoms with van der Waals surface area (Å²) in [5.41, 5.74) is 5.39. The van der Waals surface area contributed by atoms with Crippen molar-refractivity contribution in [3.8, 4) is 0 Å². The van der Waals surface area contributed by atoms with Gasteiger partial charge in [-0.25, -0.2) is 0 Å². The molecule has 0 spiro atoms. The first-order valence-corrected chi connectivity index (χ1v) is 8.07. The number of amides is 2. The minimum atomic E-state index is -0.266. The average molecular weight is 329 g/mol. The van der Waals surface area contributed by atoms with Crippen LogP contribution >= 0.6 is 15.9 Å². The standard InChI is InChI=1S/C14H21BrN2O2/c1-7(15)12(18)17-11-9-2-8-3-10(11)6-14(4-8,5-9)13(16)19/h7-11H,2-6H2,1H3,(H2,16,19)(H,17,18). The molecule has 5 heteroatoms. The van der Waals surface area contributed by atoms with Gasteiger partial charge in [-0.05, 0) is 56.8 Å². The Balaban J connectivity index is 1.78. The van der Waals surface area contributed by atoms with Crippen LogP contribution in [0.1, 0.15) is 39.0 Å². The molecule has 3 atom stereocenters. The second-order valence-electron chi connectivity index (χ2n) is 6.76. The van der Waals surface area contributed by atoms with E-state index in [0.717, 1.165) is 32.1 Å². The van der Waals surface area contributed by atoms with Crippen LogP contribution in [0.4, 0.5) is 0 Å². The summed E-state index contributed by atoms with van der Waals surface area (Å²) in [6, 6.07) is 0.247. The van der Waals surface area contributed by atoms with E-state index in [9.17, 15) is 9.59 Å². The van der Waals surface area contributed by atoms with Crippen LogP contribution in [-0.4, -0.2) is 22.7 Å². The van der Waals surface area contributed by atoms with E-state index in [4.69, 9.17) is 5.73 Å². The molecular formula is C14H21BrN2O2. The number of primary amides is 1. The number of halogens is 1. The molecule has 0 heterocycles. The Morgan fingerprint density at radius 1 is 1.26 bits per heavy atom. The van der Waals surface area contributed by atoms with E-state index in [1.807, 2.05) is 6.92 Å². The van der Waals surface area contributed by atoms with Crippen LogP contribution in [0.3, 0.4) is 0 Å². The van der Waals surface area contributed by atoms with E-state index < -0.39 is 0 Å². The van der Waals surface area contributed by atoms with Crippen LogP contribution in [0.25, 0.3) is 0 Å². The van der Waals surface area contributed by atoms with Crippen LogP contribution in [-0.2, 0) is 9.59 Å². The molecule has 106 valence electrons. The van der Waals surface area contributed by atoms with E-state index in [1.54, 1.807) is 0 Å². The highest BCUT2D eigenvalue weighted by Gasteiger charge is 2.58. The van der Waals surface area contributed by atoms with Crippen molar-refractivity contribution in [3.05, 3.63) is 0 Å². The number of nitrogens with one attached hydrogen (secondary N) is 1. The Kier molecular flexibility index (Phi) is 3.15. The van der Waals surface area contributed by atoms with E-state index >= 15 is 0 Å². The highest BCUT2D eigenvalue weighted by molar-refractivity contribution is 9.10. The maximum absolute atomic E-state index is 11.9. The van der Waals surface area contributed by atoms with Gasteiger partial charge in [-0.2, -0.15) is 0 Å². The monoisotopic (exact) mass is 328 g/mol. The minimum absolute atomic E-state index is 0.0607. The Morgan fingerprint density at radius 2 is 1.84 bits per heavy atom. The van der Waals surface area contributed by atoms with Crippen LogP contribution in [0.2, 0.25) is 0 Å². The number of rotatable bonds is 3. The zero-order valence-electron chi connectivity index (χ0n) is 11.2. The fourth-order valence-corrected chi connectivity index (χ4v) is 4.97. The van der Waals surface area contributed by atoms with Crippen molar-refractivity contribution in [1.82, 2.24) is 5.32 Å². The molecule has 0 aromatic carbocycles. The number of hydrogen-bond donors (Lipinski definition) is 2. The summed E-state index contributed by atoms with van der Waals surface area (Å²) < 4.78 is 0. The first kappa shape index (κ1) is 13.4. The Morgan fingerprint density at radius 3 is 2.32 bits per heavy atom. The predicted molar refractivity (Wildman–Crippen MR) is 75.5 cm³/mol. The molecule has 4 aliphatic rings. The first-order chi connectivity index (χ1) is 8.91. The molecule has 4 saturated carbocycles. The van der Waals surface area contributed by atoms with Gasteiger partial charge < -0.3 is 11.1 Å². The molecule has 0 saturated heterocycles. The maximum Gasteiger partial charge on any atom is 0.233 e. The molecule has 0 aromatic rings. The lowest BCUT2D eigenvalue weighted by molar-refractivity contribution is -0.147. The summed E-state index contributed by atoms with van der Waals surface area (Å²) in [6.07, 6.45) is 5.01. The third-order valence-electron chi connectivity index (χ3n) is 5.47. The molecule has 4 rings (SSSR count). The summed E-state index contributed by atoms with van der Waals surface area (Å²) in [6.45, 7) is 1.84. The second-order valence-corrected chi connectivity index (χ2v) is 8.14. The van der Waals surface area contributed by atoms with Gasteiger partial charge in [0.15, 0.2) is 0 Å². The third kappa shape index (κ3) is 2.10. The topological polar surface area (TPSA) is 72.2 Å². The number of alkyl halides is 1. The summed E-state index contributed by atoms with van der Waals surface area (Å²) in [4.78, 5) is 23.6. The van der Waals surface area contributed by atoms with Crippen LogP contribution in [0, 0.1) is 23.2 Å². The summed E-state index contributed by atoms with van der Waals surface area (Å²) in [5, 5.41) is 3.18. The van der Waals surface area contributed by atoms with Gasteiger partial charge in [0.25, 0.3) is 0 Å². The molecule has 4 bridgehead atoms. The van der Waals surface area contributed by atoms with Gasteiger partial charge in [0.05, 0.1) is 4.83 Å². The van der Waals surface area contributed by atoms with Gasteiger partial charge in [0, 0.05) is 11.5 Å². The predicted octanol–water partition coefficient (Wildman–Crippen LogP) is 1.57. The van der Waals surface area contributed by atoms with Crippen molar-refractivity contribution in [3.63, 3.8) is 0 Å². The maximum atomic E-state index is 11.9. The second kappa shape index (κ2) is 4.47. The first-order valence-electron chi connectivity index (χ1n) is 7.15. The fourth-order valence-electron chi connectivity index (χ4n) is 4.84. The van der Waals surface area contributed by atoms with Crippen LogP contribution < -0.4 is 11.1 Å². The van der Waals surface area contributed by atoms with Crippen molar-refractivity contribution < 1.29 is 9.59 Å². The lowest BCUT2D eigenvalue weighted by Crippen LogP contribution is -2.62. The molecule has 19 heavy (non-hydrogen) atoms. The van der Waals surface area contributed by atoms with Crippen molar-refractivity contribution in [2.24, 2.45) is 28.9 Å². The van der Waals surface area contributed by atoms with Gasteiger partial charge >= 0.3 is 0 Å². The van der Waals surface area contributed by atoms with Crippen LogP contribution in [0.5, 0.6) is 0 Å². The molecule has 2 amide bonds. The molecule has 4 fully saturated rings. The molecule has 3 unspecified atom stereocenters. The molecule has 3 N–H and O–H groups in total. The van der Waals surface area contributed by atoms with E-state index in [2.05, 4.69) is 21.2 Å². The number of hydrogen-bond acceptors (Lipinski definition) is 2. The SMILES string of the molecule is CC(Br)C(=O)NC1C2CC3CC1CC(C(N)=O)(C3)C2. The summed E-state index contributed by atoms with van der Waals surface area (Å²) in [7, 11) is 0. The van der Waals surface area contributed by atoms with Gasteiger partial charge in [-0.1, -0.05) is 15.9 Å². The zero-order chi connectivity index (χ0) is 13.8. The van der Waals surface area contributed by atoms with Gasteiger partial charge in [0.1, 0.15) is 0 Å². The van der Waals surface area contributed by atoms with E-state index in [0.29, 0.717) is 17.8 Å². The fraction of sp³-hybridized carbons (Fsp3) is 0.857. The molecule has 0 aliphatic heterocycles. The number of nitrogens with two attached hydrogens (primary N) is 1. The molecular weight excluding hydrogens is 308 g/mol. The van der Waals surface area contributed by atoms with E-state index in [-0.39, 0.29) is 28.1 Å². The quantitative estimate of drug-likeness (QED) is 0.772. The smallest absolute Gasteiger partial charge is 0.233 e. The molecule has 0 aromatic heterocycles. The Bertz CT molecular complexity index is 408. The summed E-state index contributed by atoms with van der Waals surface area (Å²) in [5.74, 6) is 1.46. The largest absolute Gasteiger partial charge is 0.369 e. The molecule has 0 radical (unpaired) electrons. The lowest BCUT2D eigenvalue weighted by atomic mass is 9.47. The van der Waals surface area contributed by atoms with Crippen LogP contribution in [0.15, 0.2) is 0 Å². The highest BCUT2D eigenvalue weighted by Crippen LogP contribution is 2.59. The molecule has 4 aliphatic carbocycles. The van der Waals surface area contributed by atoms with Gasteiger partial charge in [0.2, 0.25) is 11.8 Å². The Hall–Kier alpha value is -0.580.